The molecular weight excluding hydrogens is 314 g/mol. The van der Waals surface area contributed by atoms with Crippen LogP contribution in [0.15, 0.2) is 33.6 Å². The number of rotatable bonds is 3. The predicted molar refractivity (Wildman–Crippen MR) is 73.8 cm³/mol. The summed E-state index contributed by atoms with van der Waals surface area (Å²) in [4.78, 5) is 0.415. The maximum Gasteiger partial charge on any atom is 0.243 e. The zero-order valence-corrected chi connectivity index (χ0v) is 12.5. The van der Waals surface area contributed by atoms with E-state index < -0.39 is 10.0 Å². The van der Waals surface area contributed by atoms with E-state index in [1.165, 1.54) is 12.8 Å². The van der Waals surface area contributed by atoms with Gasteiger partial charge in [0, 0.05) is 17.1 Å². The van der Waals surface area contributed by atoms with E-state index in [1.807, 2.05) is 0 Å². The van der Waals surface area contributed by atoms with E-state index in [9.17, 15) is 8.42 Å². The molecule has 0 amide bonds. The summed E-state index contributed by atoms with van der Waals surface area (Å²) in [5.41, 5.74) is 0. The minimum Gasteiger partial charge on any atom is -0.207 e. The lowest BCUT2D eigenvalue weighted by Gasteiger charge is -2.23. The third-order valence-corrected chi connectivity index (χ3v) is 6.30. The van der Waals surface area contributed by atoms with Crippen LogP contribution < -0.4 is 0 Å². The molecule has 2 aliphatic rings. The minimum atomic E-state index is -3.30. The van der Waals surface area contributed by atoms with E-state index in [4.69, 9.17) is 0 Å². The Morgan fingerprint density at radius 1 is 1.11 bits per heavy atom. The van der Waals surface area contributed by atoms with Gasteiger partial charge in [0.05, 0.1) is 4.90 Å². The molecule has 1 saturated carbocycles. The number of sulfonamides is 1. The molecule has 98 valence electrons. The molecule has 0 bridgehead atoms. The van der Waals surface area contributed by atoms with Crippen LogP contribution in [0.5, 0.6) is 0 Å². The Hall–Kier alpha value is -0.390. The van der Waals surface area contributed by atoms with Crippen LogP contribution in [0.2, 0.25) is 0 Å². The summed E-state index contributed by atoms with van der Waals surface area (Å²) in [5.74, 6) is 0.609. The first-order valence-electron chi connectivity index (χ1n) is 6.36. The fourth-order valence-electron chi connectivity index (χ4n) is 2.76. The molecule has 2 fully saturated rings. The molecule has 18 heavy (non-hydrogen) atoms. The van der Waals surface area contributed by atoms with Gasteiger partial charge in [-0.3, -0.25) is 0 Å². The number of hydrogen-bond donors (Lipinski definition) is 0. The average molecular weight is 330 g/mol. The first-order valence-corrected chi connectivity index (χ1v) is 8.60. The molecule has 0 radical (unpaired) electrons. The number of nitrogens with zero attached hydrogens (tertiary/aromatic N) is 1. The van der Waals surface area contributed by atoms with Crippen LogP contribution >= 0.6 is 15.9 Å². The lowest BCUT2D eigenvalue weighted by atomic mass is 10.1. The second kappa shape index (κ2) is 4.62. The first-order chi connectivity index (χ1) is 8.59. The Kier molecular flexibility index (Phi) is 3.24. The van der Waals surface area contributed by atoms with Gasteiger partial charge in [-0.25, -0.2) is 8.42 Å². The Bertz CT molecular complexity index is 537. The van der Waals surface area contributed by atoms with Crippen LogP contribution in [0.1, 0.15) is 25.7 Å². The average Bonchev–Trinajstić information content (AvgIpc) is 3.07. The molecular formula is C13H16BrNO2S. The fourth-order valence-corrected chi connectivity index (χ4v) is 4.78. The summed E-state index contributed by atoms with van der Waals surface area (Å²) < 4.78 is 27.8. The van der Waals surface area contributed by atoms with Crippen molar-refractivity contribution in [2.45, 2.75) is 36.6 Å². The van der Waals surface area contributed by atoms with E-state index in [0.29, 0.717) is 17.4 Å². The van der Waals surface area contributed by atoms with Gasteiger partial charge in [-0.1, -0.05) is 15.9 Å². The SMILES string of the molecule is O=S(=O)(c1ccc(Br)cc1)N1CCCC1C1CC1. The van der Waals surface area contributed by atoms with Crippen molar-refractivity contribution in [1.82, 2.24) is 4.31 Å². The van der Waals surface area contributed by atoms with Gasteiger partial charge in [0.15, 0.2) is 0 Å². The standard InChI is InChI=1S/C13H16BrNO2S/c14-11-5-7-12(8-6-11)18(16,17)15-9-1-2-13(15)10-3-4-10/h5-8,10,13H,1-4,9H2. The molecule has 0 aromatic heterocycles. The van der Waals surface area contributed by atoms with Gasteiger partial charge in [-0.2, -0.15) is 4.31 Å². The van der Waals surface area contributed by atoms with Crippen molar-refractivity contribution in [2.75, 3.05) is 6.54 Å². The van der Waals surface area contributed by atoms with Gasteiger partial charge in [0.25, 0.3) is 0 Å². The highest BCUT2D eigenvalue weighted by Crippen LogP contribution is 2.42. The van der Waals surface area contributed by atoms with Crippen molar-refractivity contribution in [3.8, 4) is 0 Å². The van der Waals surface area contributed by atoms with Crippen molar-refractivity contribution in [1.29, 1.82) is 0 Å². The predicted octanol–water partition coefficient (Wildman–Crippen LogP) is 3.01. The van der Waals surface area contributed by atoms with Crippen molar-refractivity contribution < 1.29 is 8.42 Å². The third-order valence-electron chi connectivity index (χ3n) is 3.83. The van der Waals surface area contributed by atoms with Crippen LogP contribution in [0, 0.1) is 5.92 Å². The molecule has 1 unspecified atom stereocenters. The topological polar surface area (TPSA) is 37.4 Å². The maximum atomic E-state index is 12.6. The first kappa shape index (κ1) is 12.6. The van der Waals surface area contributed by atoms with Crippen LogP contribution in [0.3, 0.4) is 0 Å². The van der Waals surface area contributed by atoms with Crippen molar-refractivity contribution in [3.63, 3.8) is 0 Å². The summed E-state index contributed by atoms with van der Waals surface area (Å²) in [6, 6.07) is 7.19. The molecule has 3 nitrogen and oxygen atoms in total. The fraction of sp³-hybridized carbons (Fsp3) is 0.538. The van der Waals surface area contributed by atoms with Crippen molar-refractivity contribution in [3.05, 3.63) is 28.7 Å². The Morgan fingerprint density at radius 3 is 2.39 bits per heavy atom. The van der Waals surface area contributed by atoms with E-state index in [1.54, 1.807) is 28.6 Å². The highest BCUT2D eigenvalue weighted by molar-refractivity contribution is 9.10. The molecule has 1 aliphatic carbocycles. The van der Waals surface area contributed by atoms with Crippen LogP contribution in [-0.2, 0) is 10.0 Å². The van der Waals surface area contributed by atoms with Gasteiger partial charge < -0.3 is 0 Å². The third kappa shape index (κ3) is 2.24. The smallest absolute Gasteiger partial charge is 0.207 e. The zero-order valence-electron chi connectivity index (χ0n) is 10.0. The lowest BCUT2D eigenvalue weighted by molar-refractivity contribution is 0.356. The molecule has 0 spiro atoms. The van der Waals surface area contributed by atoms with E-state index in [-0.39, 0.29) is 6.04 Å². The van der Waals surface area contributed by atoms with Crippen LogP contribution in [-0.4, -0.2) is 25.3 Å². The van der Waals surface area contributed by atoms with Crippen molar-refractivity contribution in [2.24, 2.45) is 5.92 Å². The lowest BCUT2D eigenvalue weighted by Crippen LogP contribution is -2.36. The Morgan fingerprint density at radius 2 is 1.78 bits per heavy atom. The quantitative estimate of drug-likeness (QED) is 0.854. The van der Waals surface area contributed by atoms with Crippen molar-refractivity contribution >= 4 is 26.0 Å². The van der Waals surface area contributed by atoms with Gasteiger partial charge in [0.2, 0.25) is 10.0 Å². The highest BCUT2D eigenvalue weighted by Gasteiger charge is 2.43. The largest absolute Gasteiger partial charge is 0.243 e. The van der Waals surface area contributed by atoms with Gasteiger partial charge in [0.1, 0.15) is 0 Å². The monoisotopic (exact) mass is 329 g/mol. The molecule has 1 heterocycles. The summed E-state index contributed by atoms with van der Waals surface area (Å²) >= 11 is 3.33. The molecule has 1 saturated heterocycles. The molecule has 1 atom stereocenters. The van der Waals surface area contributed by atoms with Gasteiger partial charge in [-0.05, 0) is 55.9 Å². The summed E-state index contributed by atoms with van der Waals surface area (Å²) in [5, 5.41) is 0. The minimum absolute atomic E-state index is 0.249. The maximum absolute atomic E-state index is 12.6. The zero-order chi connectivity index (χ0) is 12.8. The van der Waals surface area contributed by atoms with E-state index in [2.05, 4.69) is 15.9 Å². The molecule has 1 aliphatic heterocycles. The summed E-state index contributed by atoms with van der Waals surface area (Å²) in [6.45, 7) is 0.680. The molecule has 1 aromatic carbocycles. The number of halogens is 1. The second-order valence-electron chi connectivity index (χ2n) is 5.12. The summed E-state index contributed by atoms with van der Waals surface area (Å²) in [7, 11) is -3.30. The van der Waals surface area contributed by atoms with Gasteiger partial charge in [-0.15, -0.1) is 0 Å². The van der Waals surface area contributed by atoms with E-state index >= 15 is 0 Å². The van der Waals surface area contributed by atoms with E-state index in [0.717, 1.165) is 17.3 Å². The molecule has 0 N–H and O–H groups in total. The number of hydrogen-bond acceptors (Lipinski definition) is 2. The van der Waals surface area contributed by atoms with Crippen LogP contribution in [0.25, 0.3) is 0 Å². The Balaban J connectivity index is 1.91. The molecule has 3 rings (SSSR count). The normalized spacial score (nSPS) is 25.5. The Labute approximate surface area is 116 Å². The van der Waals surface area contributed by atoms with Crippen LogP contribution in [0.4, 0.5) is 0 Å². The highest BCUT2D eigenvalue weighted by atomic mass is 79.9. The second-order valence-corrected chi connectivity index (χ2v) is 7.92. The number of benzene rings is 1. The molecule has 5 heteroatoms. The molecule has 1 aromatic rings. The van der Waals surface area contributed by atoms with Gasteiger partial charge >= 0.3 is 0 Å². The summed E-state index contributed by atoms with van der Waals surface area (Å²) in [6.07, 6.45) is 4.41.